The Hall–Kier alpha value is -1.14. The molecule has 0 aliphatic heterocycles. The van der Waals surface area contributed by atoms with Gasteiger partial charge in [0, 0.05) is 25.6 Å². The summed E-state index contributed by atoms with van der Waals surface area (Å²) in [5.74, 6) is -0.498. The third-order valence-corrected chi connectivity index (χ3v) is 2.20. The van der Waals surface area contributed by atoms with E-state index in [2.05, 4.69) is 10.6 Å². The summed E-state index contributed by atoms with van der Waals surface area (Å²) in [5.41, 5.74) is 10.4. The van der Waals surface area contributed by atoms with E-state index in [4.69, 9.17) is 11.5 Å². The highest BCUT2D eigenvalue weighted by molar-refractivity contribution is 5.79. The van der Waals surface area contributed by atoms with E-state index < -0.39 is 11.9 Å². The second-order valence-electron chi connectivity index (χ2n) is 3.80. The second kappa shape index (κ2) is 5.67. The van der Waals surface area contributed by atoms with Crippen molar-refractivity contribution in [3.05, 3.63) is 0 Å². The molecule has 1 aliphatic carbocycles. The molecular weight excluding hydrogens is 196 g/mol. The first-order chi connectivity index (χ1) is 7.09. The van der Waals surface area contributed by atoms with Gasteiger partial charge >= 0.3 is 0 Å². The Bertz CT molecular complexity index is 240. The lowest BCUT2D eigenvalue weighted by molar-refractivity contribution is -0.121. The Morgan fingerprint density at radius 3 is 2.60 bits per heavy atom. The number of amides is 2. The maximum absolute atomic E-state index is 11.2. The fourth-order valence-electron chi connectivity index (χ4n) is 1.09. The van der Waals surface area contributed by atoms with E-state index in [9.17, 15) is 9.59 Å². The van der Waals surface area contributed by atoms with Gasteiger partial charge in [-0.2, -0.15) is 0 Å². The summed E-state index contributed by atoms with van der Waals surface area (Å²) < 4.78 is 0. The molecule has 0 aromatic rings. The largest absolute Gasteiger partial charge is 0.368 e. The molecule has 15 heavy (non-hydrogen) atoms. The van der Waals surface area contributed by atoms with Gasteiger partial charge < -0.3 is 22.1 Å². The van der Waals surface area contributed by atoms with Crippen LogP contribution in [0.4, 0.5) is 0 Å². The highest BCUT2D eigenvalue weighted by atomic mass is 16.2. The van der Waals surface area contributed by atoms with Crippen LogP contribution in [0.3, 0.4) is 0 Å². The first-order valence-corrected chi connectivity index (χ1v) is 5.14. The summed E-state index contributed by atoms with van der Waals surface area (Å²) in [6.07, 6.45) is 2.58. The minimum atomic E-state index is -0.684. The second-order valence-corrected chi connectivity index (χ2v) is 3.80. The Labute approximate surface area is 88.8 Å². The molecule has 0 saturated heterocycles. The number of carbonyl (C=O) groups excluding carboxylic acids is 2. The molecule has 6 heteroatoms. The van der Waals surface area contributed by atoms with Crippen molar-refractivity contribution in [2.24, 2.45) is 11.5 Å². The van der Waals surface area contributed by atoms with Gasteiger partial charge in [0.05, 0.1) is 6.04 Å². The van der Waals surface area contributed by atoms with Gasteiger partial charge in [-0.15, -0.1) is 0 Å². The number of hydrogen-bond donors (Lipinski definition) is 4. The van der Waals surface area contributed by atoms with Crippen LogP contribution in [0.5, 0.6) is 0 Å². The molecule has 0 heterocycles. The third-order valence-electron chi connectivity index (χ3n) is 2.20. The quantitative estimate of drug-likeness (QED) is 0.369. The SMILES string of the molecule is NC(=O)C(N)CNCCC(=O)NC1CC1. The van der Waals surface area contributed by atoms with Gasteiger partial charge in [0.25, 0.3) is 0 Å². The molecule has 2 amide bonds. The highest BCUT2D eigenvalue weighted by Gasteiger charge is 2.22. The standard InChI is InChI=1S/C9H18N4O2/c10-7(9(11)15)5-12-4-3-8(14)13-6-1-2-6/h6-7,12H,1-5,10H2,(H2,11,15)(H,13,14). The fraction of sp³-hybridized carbons (Fsp3) is 0.778. The van der Waals surface area contributed by atoms with E-state index in [1.807, 2.05) is 0 Å². The van der Waals surface area contributed by atoms with Crippen molar-refractivity contribution in [2.45, 2.75) is 31.3 Å². The number of carbonyl (C=O) groups is 2. The van der Waals surface area contributed by atoms with E-state index in [0.29, 0.717) is 25.6 Å². The van der Waals surface area contributed by atoms with Gasteiger partial charge in [-0.1, -0.05) is 0 Å². The molecule has 0 radical (unpaired) electrons. The number of hydrogen-bond acceptors (Lipinski definition) is 4. The van der Waals surface area contributed by atoms with Crippen LogP contribution < -0.4 is 22.1 Å². The Balaban J connectivity index is 1.95. The Kier molecular flexibility index (Phi) is 4.51. The van der Waals surface area contributed by atoms with Crippen LogP contribution in [0.15, 0.2) is 0 Å². The van der Waals surface area contributed by atoms with E-state index in [1.165, 1.54) is 0 Å². The summed E-state index contributed by atoms with van der Waals surface area (Å²) in [6.45, 7) is 0.825. The van der Waals surface area contributed by atoms with E-state index in [0.717, 1.165) is 12.8 Å². The maximum Gasteiger partial charge on any atom is 0.235 e. The smallest absolute Gasteiger partial charge is 0.235 e. The average Bonchev–Trinajstić information content (AvgIpc) is 2.95. The number of nitrogens with one attached hydrogen (secondary N) is 2. The van der Waals surface area contributed by atoms with Gasteiger partial charge in [0.2, 0.25) is 11.8 Å². The number of nitrogens with two attached hydrogens (primary N) is 2. The van der Waals surface area contributed by atoms with Crippen molar-refractivity contribution in [2.75, 3.05) is 13.1 Å². The summed E-state index contributed by atoms with van der Waals surface area (Å²) in [5, 5.41) is 5.77. The molecule has 1 aliphatic rings. The molecule has 0 aromatic carbocycles. The lowest BCUT2D eigenvalue weighted by atomic mass is 10.3. The molecule has 1 unspecified atom stereocenters. The van der Waals surface area contributed by atoms with E-state index in [-0.39, 0.29) is 5.91 Å². The van der Waals surface area contributed by atoms with Crippen molar-refractivity contribution in [3.63, 3.8) is 0 Å². The van der Waals surface area contributed by atoms with Crippen LogP contribution >= 0.6 is 0 Å². The van der Waals surface area contributed by atoms with Crippen molar-refractivity contribution < 1.29 is 9.59 Å². The summed E-state index contributed by atoms with van der Waals surface area (Å²) in [6, 6.07) is -0.290. The van der Waals surface area contributed by atoms with Gasteiger partial charge in [0.1, 0.15) is 0 Å². The van der Waals surface area contributed by atoms with Crippen LogP contribution in [0.2, 0.25) is 0 Å². The minimum absolute atomic E-state index is 0.0395. The molecule has 1 saturated carbocycles. The molecule has 1 fully saturated rings. The van der Waals surface area contributed by atoms with Crippen LogP contribution in [0.25, 0.3) is 0 Å². The van der Waals surface area contributed by atoms with Gasteiger partial charge in [0.15, 0.2) is 0 Å². The maximum atomic E-state index is 11.2. The van der Waals surface area contributed by atoms with Gasteiger partial charge in [-0.05, 0) is 12.8 Å². The van der Waals surface area contributed by atoms with E-state index >= 15 is 0 Å². The molecule has 1 rings (SSSR count). The predicted molar refractivity (Wildman–Crippen MR) is 55.8 cm³/mol. The van der Waals surface area contributed by atoms with Crippen molar-refractivity contribution >= 4 is 11.8 Å². The zero-order valence-corrected chi connectivity index (χ0v) is 8.66. The molecular formula is C9H18N4O2. The molecule has 0 bridgehead atoms. The van der Waals surface area contributed by atoms with Crippen LogP contribution in [0.1, 0.15) is 19.3 Å². The molecule has 6 N–H and O–H groups in total. The van der Waals surface area contributed by atoms with Crippen LogP contribution in [-0.2, 0) is 9.59 Å². The first kappa shape index (κ1) is 11.9. The molecule has 6 nitrogen and oxygen atoms in total. The summed E-state index contributed by atoms with van der Waals surface area (Å²) >= 11 is 0. The monoisotopic (exact) mass is 214 g/mol. The molecule has 0 aromatic heterocycles. The summed E-state index contributed by atoms with van der Waals surface area (Å²) in [4.78, 5) is 21.8. The minimum Gasteiger partial charge on any atom is -0.368 e. The normalized spacial score (nSPS) is 17.1. The topological polar surface area (TPSA) is 110 Å². The zero-order chi connectivity index (χ0) is 11.3. The average molecular weight is 214 g/mol. The number of rotatable bonds is 7. The van der Waals surface area contributed by atoms with Crippen molar-refractivity contribution in [3.8, 4) is 0 Å². The third kappa shape index (κ3) is 5.34. The highest BCUT2D eigenvalue weighted by Crippen LogP contribution is 2.18. The Morgan fingerprint density at radius 2 is 2.07 bits per heavy atom. The molecule has 86 valence electrons. The first-order valence-electron chi connectivity index (χ1n) is 5.14. The molecule has 0 spiro atoms. The lowest BCUT2D eigenvalue weighted by Crippen LogP contribution is -2.44. The zero-order valence-electron chi connectivity index (χ0n) is 8.66. The van der Waals surface area contributed by atoms with Crippen LogP contribution in [0, 0.1) is 0 Å². The Morgan fingerprint density at radius 1 is 1.40 bits per heavy atom. The van der Waals surface area contributed by atoms with E-state index in [1.54, 1.807) is 0 Å². The van der Waals surface area contributed by atoms with Crippen LogP contribution in [-0.4, -0.2) is 37.0 Å². The van der Waals surface area contributed by atoms with Crippen molar-refractivity contribution in [1.29, 1.82) is 0 Å². The fourth-order valence-corrected chi connectivity index (χ4v) is 1.09. The summed E-state index contributed by atoms with van der Waals surface area (Å²) in [7, 11) is 0. The lowest BCUT2D eigenvalue weighted by Gasteiger charge is -2.08. The van der Waals surface area contributed by atoms with Crippen molar-refractivity contribution in [1.82, 2.24) is 10.6 Å². The predicted octanol–water partition coefficient (Wildman–Crippen LogP) is -1.94. The van der Waals surface area contributed by atoms with Gasteiger partial charge in [-0.25, -0.2) is 0 Å². The number of primary amides is 1. The van der Waals surface area contributed by atoms with Gasteiger partial charge in [-0.3, -0.25) is 9.59 Å². The molecule has 1 atom stereocenters.